The molecule has 0 heterocycles. The summed E-state index contributed by atoms with van der Waals surface area (Å²) in [6.45, 7) is 0. The number of carbonyl (C=O) groups is 1. The molecule has 0 bridgehead atoms. The molecule has 0 aromatic heterocycles. The van der Waals surface area contributed by atoms with Crippen LogP contribution < -0.4 is 0 Å². The topological polar surface area (TPSA) is 50.1 Å². The molecule has 0 aliphatic rings. The Morgan fingerprint density at radius 1 is 1.64 bits per heavy atom. The van der Waals surface area contributed by atoms with Gasteiger partial charge in [0.2, 0.25) is 0 Å². The third-order valence-electron chi connectivity index (χ3n) is 1.58. The molecule has 1 rings (SSSR count). The van der Waals surface area contributed by atoms with Crippen LogP contribution in [0.4, 0.5) is 4.39 Å². The minimum absolute atomic E-state index is 0.134. The second kappa shape index (κ2) is 4.20. The molecule has 14 heavy (non-hydrogen) atoms. The number of esters is 1. The van der Waals surface area contributed by atoms with Crippen molar-refractivity contribution < 1.29 is 13.9 Å². The van der Waals surface area contributed by atoms with Gasteiger partial charge in [0.05, 0.1) is 18.2 Å². The summed E-state index contributed by atoms with van der Waals surface area (Å²) in [6, 6.07) is 3.99. The Balaban J connectivity index is 3.30. The minimum Gasteiger partial charge on any atom is -0.465 e. The van der Waals surface area contributed by atoms with Gasteiger partial charge in [-0.3, -0.25) is 0 Å². The molecule has 0 saturated carbocycles. The van der Waals surface area contributed by atoms with Crippen LogP contribution in [0.2, 0.25) is 0 Å². The van der Waals surface area contributed by atoms with Gasteiger partial charge in [-0.25, -0.2) is 9.18 Å². The van der Waals surface area contributed by atoms with Gasteiger partial charge in [0.1, 0.15) is 11.9 Å². The average molecular weight is 258 g/mol. The lowest BCUT2D eigenvalue weighted by molar-refractivity contribution is 0.0595. The number of carbonyl (C=O) groups excluding carboxylic acids is 1. The van der Waals surface area contributed by atoms with Crippen LogP contribution in [0.5, 0.6) is 0 Å². The maximum absolute atomic E-state index is 13.2. The summed E-state index contributed by atoms with van der Waals surface area (Å²) < 4.78 is 17.9. The van der Waals surface area contributed by atoms with E-state index in [1.807, 2.05) is 0 Å². The van der Waals surface area contributed by atoms with Gasteiger partial charge in [0.25, 0.3) is 0 Å². The first-order valence-electron chi connectivity index (χ1n) is 3.57. The zero-order valence-electron chi connectivity index (χ0n) is 7.17. The maximum atomic E-state index is 13.2. The van der Waals surface area contributed by atoms with E-state index < -0.39 is 11.8 Å². The molecule has 0 N–H and O–H groups in total. The molecular formula is C9H5BrFNO2. The SMILES string of the molecule is COC(=O)c1cc(Br)c(C#N)cc1F. The number of nitriles is 1. The molecule has 0 fully saturated rings. The molecular weight excluding hydrogens is 253 g/mol. The third-order valence-corrected chi connectivity index (χ3v) is 2.24. The summed E-state index contributed by atoms with van der Waals surface area (Å²) in [5.74, 6) is -1.54. The monoisotopic (exact) mass is 257 g/mol. The van der Waals surface area contributed by atoms with Crippen molar-refractivity contribution in [3.8, 4) is 6.07 Å². The van der Waals surface area contributed by atoms with Gasteiger partial charge >= 0.3 is 5.97 Å². The van der Waals surface area contributed by atoms with Gasteiger partial charge in [0.15, 0.2) is 0 Å². The van der Waals surface area contributed by atoms with Crippen molar-refractivity contribution in [2.45, 2.75) is 0 Å². The van der Waals surface area contributed by atoms with Crippen LogP contribution >= 0.6 is 15.9 Å². The fourth-order valence-electron chi connectivity index (χ4n) is 0.899. The number of methoxy groups -OCH3 is 1. The number of benzene rings is 1. The van der Waals surface area contributed by atoms with Crippen LogP contribution in [-0.2, 0) is 4.74 Å². The van der Waals surface area contributed by atoms with Crippen molar-refractivity contribution in [3.05, 3.63) is 33.5 Å². The molecule has 0 aliphatic carbocycles. The summed E-state index contributed by atoms with van der Waals surface area (Å²) >= 11 is 3.04. The number of hydrogen-bond donors (Lipinski definition) is 0. The van der Waals surface area contributed by atoms with E-state index in [1.54, 1.807) is 6.07 Å². The molecule has 0 aliphatic heterocycles. The second-order valence-electron chi connectivity index (χ2n) is 2.42. The third kappa shape index (κ3) is 1.91. The number of halogens is 2. The van der Waals surface area contributed by atoms with Crippen molar-refractivity contribution in [2.75, 3.05) is 7.11 Å². The summed E-state index contributed by atoms with van der Waals surface area (Å²) in [5.41, 5.74) is -0.0615. The van der Waals surface area contributed by atoms with Crippen molar-refractivity contribution in [2.24, 2.45) is 0 Å². The van der Waals surface area contributed by atoms with Gasteiger partial charge < -0.3 is 4.74 Å². The summed E-state index contributed by atoms with van der Waals surface area (Å²) in [5, 5.41) is 8.57. The summed E-state index contributed by atoms with van der Waals surface area (Å²) in [7, 11) is 1.16. The van der Waals surface area contributed by atoms with E-state index in [0.29, 0.717) is 4.47 Å². The fraction of sp³-hybridized carbons (Fsp3) is 0.111. The molecule has 0 atom stereocenters. The van der Waals surface area contributed by atoms with E-state index >= 15 is 0 Å². The molecule has 0 radical (unpaired) electrons. The van der Waals surface area contributed by atoms with Crippen molar-refractivity contribution >= 4 is 21.9 Å². The average Bonchev–Trinajstić information content (AvgIpc) is 2.19. The lowest BCUT2D eigenvalue weighted by Gasteiger charge is -2.02. The molecule has 0 saturated heterocycles. The predicted molar refractivity (Wildman–Crippen MR) is 50.2 cm³/mol. The van der Waals surface area contributed by atoms with Crippen LogP contribution in [0.1, 0.15) is 15.9 Å². The number of ether oxygens (including phenoxy) is 1. The van der Waals surface area contributed by atoms with Crippen LogP contribution in [0, 0.1) is 17.1 Å². The van der Waals surface area contributed by atoms with Crippen molar-refractivity contribution in [3.63, 3.8) is 0 Å². The Hall–Kier alpha value is -1.41. The minimum atomic E-state index is -0.771. The van der Waals surface area contributed by atoms with E-state index in [4.69, 9.17) is 5.26 Å². The fourth-order valence-corrected chi connectivity index (χ4v) is 1.33. The predicted octanol–water partition coefficient (Wildman–Crippen LogP) is 2.25. The Labute approximate surface area is 88.2 Å². The lowest BCUT2D eigenvalue weighted by atomic mass is 10.1. The summed E-state index contributed by atoms with van der Waals surface area (Å²) in [4.78, 5) is 11.0. The van der Waals surface area contributed by atoms with Crippen LogP contribution in [0.25, 0.3) is 0 Å². The molecule has 3 nitrogen and oxygen atoms in total. The summed E-state index contributed by atoms with van der Waals surface area (Å²) in [6.07, 6.45) is 0. The van der Waals surface area contributed by atoms with Crippen molar-refractivity contribution in [1.29, 1.82) is 5.26 Å². The normalized spacial score (nSPS) is 9.29. The second-order valence-corrected chi connectivity index (χ2v) is 3.27. The van der Waals surface area contributed by atoms with Gasteiger partial charge in [-0.05, 0) is 28.1 Å². The quantitative estimate of drug-likeness (QED) is 0.726. The Kier molecular flexibility index (Phi) is 3.20. The molecule has 0 spiro atoms. The van der Waals surface area contributed by atoms with E-state index in [-0.39, 0.29) is 11.1 Å². The molecule has 1 aromatic rings. The Morgan fingerprint density at radius 2 is 2.29 bits per heavy atom. The van der Waals surface area contributed by atoms with Crippen LogP contribution in [0.3, 0.4) is 0 Å². The van der Waals surface area contributed by atoms with E-state index in [0.717, 1.165) is 13.2 Å². The highest BCUT2D eigenvalue weighted by molar-refractivity contribution is 9.10. The van der Waals surface area contributed by atoms with Crippen LogP contribution in [0.15, 0.2) is 16.6 Å². The zero-order valence-corrected chi connectivity index (χ0v) is 8.76. The molecule has 5 heteroatoms. The van der Waals surface area contributed by atoms with E-state index in [9.17, 15) is 9.18 Å². The standard InChI is InChI=1S/C9H5BrFNO2/c1-14-9(13)6-3-7(10)5(4-12)2-8(6)11/h2-3H,1H3. The smallest absolute Gasteiger partial charge is 0.340 e. The Morgan fingerprint density at radius 3 is 2.79 bits per heavy atom. The molecule has 1 aromatic carbocycles. The molecule has 0 amide bonds. The number of nitrogens with zero attached hydrogens (tertiary/aromatic N) is 1. The van der Waals surface area contributed by atoms with Gasteiger partial charge in [-0.1, -0.05) is 0 Å². The van der Waals surface area contributed by atoms with Crippen molar-refractivity contribution in [1.82, 2.24) is 0 Å². The number of hydrogen-bond acceptors (Lipinski definition) is 3. The van der Waals surface area contributed by atoms with Crippen LogP contribution in [-0.4, -0.2) is 13.1 Å². The van der Waals surface area contributed by atoms with Gasteiger partial charge in [-0.2, -0.15) is 5.26 Å². The highest BCUT2D eigenvalue weighted by Crippen LogP contribution is 2.21. The highest BCUT2D eigenvalue weighted by atomic mass is 79.9. The maximum Gasteiger partial charge on any atom is 0.340 e. The molecule has 72 valence electrons. The number of rotatable bonds is 1. The van der Waals surface area contributed by atoms with Gasteiger partial charge in [0, 0.05) is 4.47 Å². The first-order valence-corrected chi connectivity index (χ1v) is 4.37. The Bertz CT molecular complexity index is 426. The van der Waals surface area contributed by atoms with E-state index in [1.165, 1.54) is 6.07 Å². The highest BCUT2D eigenvalue weighted by Gasteiger charge is 2.14. The lowest BCUT2D eigenvalue weighted by Crippen LogP contribution is -2.05. The molecule has 0 unspecified atom stereocenters. The largest absolute Gasteiger partial charge is 0.465 e. The first-order chi connectivity index (χ1) is 6.60. The van der Waals surface area contributed by atoms with Gasteiger partial charge in [-0.15, -0.1) is 0 Å². The first kappa shape index (κ1) is 10.7. The van der Waals surface area contributed by atoms with E-state index in [2.05, 4.69) is 20.7 Å². The zero-order chi connectivity index (χ0) is 10.7.